The van der Waals surface area contributed by atoms with Gasteiger partial charge < -0.3 is 15.8 Å². The van der Waals surface area contributed by atoms with E-state index in [1.54, 1.807) is 42.5 Å². The van der Waals surface area contributed by atoms with E-state index in [1.807, 2.05) is 30.3 Å². The first-order valence-electron chi connectivity index (χ1n) is 9.04. The number of methoxy groups -OCH3 is 1. The number of carbonyl (C=O) groups is 1. The highest BCUT2D eigenvalue weighted by molar-refractivity contribution is 7.82. The van der Waals surface area contributed by atoms with E-state index in [0.29, 0.717) is 27.4 Å². The molecule has 154 valence electrons. The summed E-state index contributed by atoms with van der Waals surface area (Å²) in [5.41, 5.74) is 8.73. The molecule has 0 radical (unpaired) electrons. The van der Waals surface area contributed by atoms with Gasteiger partial charge in [0.25, 0.3) is 5.91 Å². The summed E-state index contributed by atoms with van der Waals surface area (Å²) in [6, 6.07) is 20.6. The molecule has 0 aliphatic carbocycles. The second kappa shape index (κ2) is 9.45. The second-order valence-corrected chi connectivity index (χ2v) is 7.58. The third-order valence-corrected chi connectivity index (χ3v) is 5.24. The van der Waals surface area contributed by atoms with Crippen molar-refractivity contribution >= 4 is 34.0 Å². The lowest BCUT2D eigenvalue weighted by Gasteiger charge is -2.17. The molecule has 0 bridgehead atoms. The number of ether oxygens (including phenoxy) is 1. The molecule has 8 heteroatoms. The van der Waals surface area contributed by atoms with Crippen molar-refractivity contribution in [3.63, 3.8) is 0 Å². The quantitative estimate of drug-likeness (QED) is 0.344. The summed E-state index contributed by atoms with van der Waals surface area (Å²) in [4.78, 5) is 13.1. The number of benzene rings is 3. The van der Waals surface area contributed by atoms with Gasteiger partial charge in [0.05, 0.1) is 10.6 Å². The molecule has 3 rings (SSSR count). The van der Waals surface area contributed by atoms with Gasteiger partial charge in [-0.05, 0) is 35.9 Å². The van der Waals surface area contributed by atoms with Crippen LogP contribution in [0, 0.1) is 5.41 Å². The third kappa shape index (κ3) is 4.80. The first-order valence-corrected chi connectivity index (χ1v) is 10.3. The fraction of sp³-hybridized carbons (Fsp3) is 0.0909. The van der Waals surface area contributed by atoms with Gasteiger partial charge in [0.1, 0.15) is 11.0 Å². The van der Waals surface area contributed by atoms with Crippen molar-refractivity contribution in [2.24, 2.45) is 5.14 Å². The van der Waals surface area contributed by atoms with Crippen LogP contribution in [0.3, 0.4) is 0 Å². The van der Waals surface area contributed by atoms with Crippen molar-refractivity contribution in [2.75, 3.05) is 18.2 Å². The number of nitrogens with one attached hydrogen (secondary N) is 2. The Kier molecular flexibility index (Phi) is 6.73. The molecule has 7 nitrogen and oxygen atoms in total. The third-order valence-electron chi connectivity index (χ3n) is 4.52. The zero-order chi connectivity index (χ0) is 21.7. The SMILES string of the molecule is COC(C(=O)Nc1ccc(N)c(C(=N)c2cccc(S(N)=O)c2)c1)c1ccccc1. The molecular weight excluding hydrogens is 400 g/mol. The maximum absolute atomic E-state index is 12.7. The molecule has 1 amide bonds. The van der Waals surface area contributed by atoms with Gasteiger partial charge in [0.2, 0.25) is 0 Å². The van der Waals surface area contributed by atoms with Crippen molar-refractivity contribution in [3.05, 3.63) is 89.5 Å². The van der Waals surface area contributed by atoms with Gasteiger partial charge in [-0.25, -0.2) is 9.35 Å². The number of anilines is 2. The van der Waals surface area contributed by atoms with Crippen LogP contribution >= 0.6 is 0 Å². The van der Waals surface area contributed by atoms with Gasteiger partial charge in [-0.3, -0.25) is 10.2 Å². The fourth-order valence-corrected chi connectivity index (χ4v) is 3.47. The summed E-state index contributed by atoms with van der Waals surface area (Å²) < 4.78 is 16.9. The molecule has 3 aromatic rings. The van der Waals surface area contributed by atoms with E-state index in [4.69, 9.17) is 21.0 Å². The molecule has 0 spiro atoms. The molecule has 0 saturated carbocycles. The minimum Gasteiger partial charge on any atom is -0.398 e. The summed E-state index contributed by atoms with van der Waals surface area (Å²) in [7, 11) is -0.185. The number of hydrogen-bond acceptors (Lipinski definition) is 5. The monoisotopic (exact) mass is 422 g/mol. The molecule has 2 unspecified atom stereocenters. The summed E-state index contributed by atoms with van der Waals surface area (Å²) in [6.07, 6.45) is -0.775. The highest BCUT2D eigenvalue weighted by Gasteiger charge is 2.20. The molecule has 0 fully saturated rings. The van der Waals surface area contributed by atoms with Crippen LogP contribution in [0.1, 0.15) is 22.8 Å². The topological polar surface area (TPSA) is 131 Å². The number of carbonyl (C=O) groups excluding carboxylic acids is 1. The first-order chi connectivity index (χ1) is 14.4. The molecule has 0 heterocycles. The Morgan fingerprint density at radius 3 is 2.47 bits per heavy atom. The summed E-state index contributed by atoms with van der Waals surface area (Å²) in [5.74, 6) is -0.341. The second-order valence-electron chi connectivity index (χ2n) is 6.52. The largest absolute Gasteiger partial charge is 0.398 e. The molecule has 0 aliphatic heterocycles. The van der Waals surface area contributed by atoms with Crippen LogP contribution in [0.25, 0.3) is 0 Å². The van der Waals surface area contributed by atoms with E-state index in [1.165, 1.54) is 7.11 Å². The van der Waals surface area contributed by atoms with Crippen molar-refractivity contribution in [3.8, 4) is 0 Å². The van der Waals surface area contributed by atoms with Crippen molar-refractivity contribution in [1.29, 1.82) is 5.41 Å². The highest BCUT2D eigenvalue weighted by atomic mass is 32.2. The molecule has 6 N–H and O–H groups in total. The van der Waals surface area contributed by atoms with E-state index in [9.17, 15) is 9.00 Å². The summed E-state index contributed by atoms with van der Waals surface area (Å²) in [5, 5.41) is 16.8. The minimum absolute atomic E-state index is 0.127. The molecule has 30 heavy (non-hydrogen) atoms. The number of nitrogen functional groups attached to an aromatic ring is 1. The van der Waals surface area contributed by atoms with Gasteiger partial charge in [-0.15, -0.1) is 0 Å². The van der Waals surface area contributed by atoms with Crippen LogP contribution in [0.15, 0.2) is 77.7 Å². The van der Waals surface area contributed by atoms with Gasteiger partial charge in [0.15, 0.2) is 6.10 Å². The smallest absolute Gasteiger partial charge is 0.258 e. The van der Waals surface area contributed by atoms with Gasteiger partial charge in [0, 0.05) is 29.6 Å². The van der Waals surface area contributed by atoms with E-state index >= 15 is 0 Å². The standard InChI is InChI=1S/C22H22N4O3S/c1-29-21(14-6-3-2-4-7-14)22(27)26-16-10-11-19(23)18(13-16)20(24)15-8-5-9-17(12-15)30(25)28/h2-13,21,24H,23,25H2,1H3,(H,26,27). The summed E-state index contributed by atoms with van der Waals surface area (Å²) in [6.45, 7) is 0. The van der Waals surface area contributed by atoms with Crippen LogP contribution in [-0.2, 0) is 20.5 Å². The van der Waals surface area contributed by atoms with Crippen LogP contribution in [0.2, 0.25) is 0 Å². The van der Waals surface area contributed by atoms with Crippen LogP contribution in [-0.4, -0.2) is 22.9 Å². The average molecular weight is 423 g/mol. The van der Waals surface area contributed by atoms with Crippen molar-refractivity contribution in [2.45, 2.75) is 11.0 Å². The molecule has 0 saturated heterocycles. The minimum atomic E-state index is -1.65. The average Bonchev–Trinajstić information content (AvgIpc) is 2.76. The van der Waals surface area contributed by atoms with E-state index in [0.717, 1.165) is 5.56 Å². The van der Waals surface area contributed by atoms with Crippen molar-refractivity contribution in [1.82, 2.24) is 0 Å². The van der Waals surface area contributed by atoms with Gasteiger partial charge >= 0.3 is 0 Å². The predicted octanol–water partition coefficient (Wildman–Crippen LogP) is 2.99. The molecular formula is C22H22N4O3S. The summed E-state index contributed by atoms with van der Waals surface area (Å²) >= 11 is 0. The van der Waals surface area contributed by atoms with Crippen LogP contribution in [0.4, 0.5) is 11.4 Å². The maximum atomic E-state index is 12.7. The Morgan fingerprint density at radius 2 is 1.80 bits per heavy atom. The lowest BCUT2D eigenvalue weighted by Crippen LogP contribution is -2.22. The number of hydrogen-bond donors (Lipinski definition) is 4. The Balaban J connectivity index is 1.86. The van der Waals surface area contributed by atoms with Crippen molar-refractivity contribution < 1.29 is 13.7 Å². The number of nitrogens with two attached hydrogens (primary N) is 2. The van der Waals surface area contributed by atoms with Gasteiger partial charge in [-0.2, -0.15) is 0 Å². The maximum Gasteiger partial charge on any atom is 0.258 e. The number of amides is 1. The normalized spacial score (nSPS) is 12.7. The lowest BCUT2D eigenvalue weighted by molar-refractivity contribution is -0.126. The number of rotatable bonds is 7. The predicted molar refractivity (Wildman–Crippen MR) is 119 cm³/mol. The lowest BCUT2D eigenvalue weighted by atomic mass is 10.00. The van der Waals surface area contributed by atoms with Crippen LogP contribution < -0.4 is 16.2 Å². The van der Waals surface area contributed by atoms with Crippen LogP contribution in [0.5, 0.6) is 0 Å². The van der Waals surface area contributed by atoms with E-state index in [2.05, 4.69) is 5.32 Å². The van der Waals surface area contributed by atoms with E-state index < -0.39 is 17.1 Å². The Bertz CT molecular complexity index is 1100. The zero-order valence-electron chi connectivity index (χ0n) is 16.3. The van der Waals surface area contributed by atoms with E-state index in [-0.39, 0.29) is 11.6 Å². The molecule has 0 aliphatic rings. The molecule has 0 aromatic heterocycles. The van der Waals surface area contributed by atoms with Gasteiger partial charge in [-0.1, -0.05) is 42.5 Å². The first kappa shape index (κ1) is 21.4. The molecule has 2 atom stereocenters. The fourth-order valence-electron chi connectivity index (χ4n) is 3.01. The highest BCUT2D eigenvalue weighted by Crippen LogP contribution is 2.24. The Morgan fingerprint density at radius 1 is 1.07 bits per heavy atom. The Hall–Kier alpha value is -3.33. The molecule has 3 aromatic carbocycles. The Labute approximate surface area is 177 Å². The zero-order valence-corrected chi connectivity index (χ0v) is 17.1.